The first kappa shape index (κ1) is 12.3. The maximum Gasteiger partial charge on any atom is 0.222 e. The van der Waals surface area contributed by atoms with E-state index in [1.165, 1.54) is 0 Å². The fourth-order valence-electron chi connectivity index (χ4n) is 1.56. The van der Waals surface area contributed by atoms with Crippen LogP contribution in [0.5, 0.6) is 0 Å². The van der Waals surface area contributed by atoms with Gasteiger partial charge >= 0.3 is 0 Å². The summed E-state index contributed by atoms with van der Waals surface area (Å²) < 4.78 is 14.2. The molecule has 0 atom stereocenters. The Hall–Kier alpha value is -2.21. The molecule has 2 aromatic rings. The van der Waals surface area contributed by atoms with Crippen LogP contribution in [0.3, 0.4) is 0 Å². The second-order valence-electron chi connectivity index (χ2n) is 3.67. The smallest absolute Gasteiger partial charge is 0.222 e. The number of nitrogens with zero attached hydrogens (tertiary/aromatic N) is 2. The SMILES string of the molecule is NCCNc1nc(N)nc(-c2ccccc2)c1F. The number of nitrogens with one attached hydrogen (secondary N) is 1. The molecule has 0 aliphatic carbocycles. The van der Waals surface area contributed by atoms with Gasteiger partial charge in [0, 0.05) is 18.7 Å². The van der Waals surface area contributed by atoms with Gasteiger partial charge in [-0.2, -0.15) is 4.98 Å². The zero-order valence-electron chi connectivity index (χ0n) is 9.73. The van der Waals surface area contributed by atoms with Crippen LogP contribution in [-0.2, 0) is 0 Å². The molecule has 0 unspecified atom stereocenters. The molecule has 0 radical (unpaired) electrons. The van der Waals surface area contributed by atoms with Gasteiger partial charge in [0.1, 0.15) is 5.69 Å². The van der Waals surface area contributed by atoms with Crippen molar-refractivity contribution < 1.29 is 4.39 Å². The second-order valence-corrected chi connectivity index (χ2v) is 3.67. The molecule has 94 valence electrons. The van der Waals surface area contributed by atoms with Crippen LogP contribution >= 0.6 is 0 Å². The van der Waals surface area contributed by atoms with Gasteiger partial charge in [-0.1, -0.05) is 30.3 Å². The van der Waals surface area contributed by atoms with Crippen molar-refractivity contribution in [3.63, 3.8) is 0 Å². The summed E-state index contributed by atoms with van der Waals surface area (Å²) in [5, 5.41) is 2.78. The molecule has 0 bridgehead atoms. The molecule has 0 aliphatic rings. The van der Waals surface area contributed by atoms with Crippen LogP contribution < -0.4 is 16.8 Å². The number of nitrogens with two attached hydrogens (primary N) is 2. The summed E-state index contributed by atoms with van der Waals surface area (Å²) in [5.74, 6) is -0.426. The minimum Gasteiger partial charge on any atom is -0.368 e. The molecule has 0 saturated heterocycles. The third kappa shape index (κ3) is 2.54. The maximum atomic E-state index is 14.2. The van der Waals surface area contributed by atoms with Crippen molar-refractivity contribution in [3.05, 3.63) is 36.1 Å². The monoisotopic (exact) mass is 247 g/mol. The highest BCUT2D eigenvalue weighted by Crippen LogP contribution is 2.25. The number of rotatable bonds is 4. The van der Waals surface area contributed by atoms with E-state index in [0.29, 0.717) is 18.7 Å². The lowest BCUT2D eigenvalue weighted by molar-refractivity contribution is 0.622. The standard InChI is InChI=1S/C12H14FN5/c13-9-10(8-4-2-1-3-5-8)17-12(15)18-11(9)16-7-6-14/h1-5H,6-7,14H2,(H3,15,16,17,18). The molecular weight excluding hydrogens is 233 g/mol. The molecule has 6 heteroatoms. The van der Waals surface area contributed by atoms with Crippen molar-refractivity contribution in [2.24, 2.45) is 5.73 Å². The van der Waals surface area contributed by atoms with Gasteiger partial charge in [-0.3, -0.25) is 0 Å². The van der Waals surface area contributed by atoms with Gasteiger partial charge < -0.3 is 16.8 Å². The molecule has 2 rings (SSSR count). The summed E-state index contributed by atoms with van der Waals surface area (Å²) in [4.78, 5) is 7.75. The van der Waals surface area contributed by atoms with Crippen LogP contribution in [0.2, 0.25) is 0 Å². The fraction of sp³-hybridized carbons (Fsp3) is 0.167. The molecule has 0 aliphatic heterocycles. The molecule has 1 aromatic heterocycles. The predicted molar refractivity (Wildman–Crippen MR) is 69.4 cm³/mol. The van der Waals surface area contributed by atoms with Gasteiger partial charge in [-0.25, -0.2) is 9.37 Å². The Morgan fingerprint density at radius 1 is 1.17 bits per heavy atom. The number of hydrogen-bond donors (Lipinski definition) is 3. The Bertz CT molecular complexity index is 529. The minimum absolute atomic E-state index is 0.0229. The lowest BCUT2D eigenvalue weighted by Gasteiger charge is -2.09. The number of nitrogen functional groups attached to an aromatic ring is 1. The van der Waals surface area contributed by atoms with Crippen LogP contribution in [0.15, 0.2) is 30.3 Å². The highest BCUT2D eigenvalue weighted by atomic mass is 19.1. The number of benzene rings is 1. The van der Waals surface area contributed by atoms with Gasteiger partial charge in [0.2, 0.25) is 5.95 Å². The van der Waals surface area contributed by atoms with Gasteiger partial charge in [-0.15, -0.1) is 0 Å². The van der Waals surface area contributed by atoms with E-state index in [-0.39, 0.29) is 17.5 Å². The highest BCUT2D eigenvalue weighted by Gasteiger charge is 2.14. The van der Waals surface area contributed by atoms with Crippen molar-refractivity contribution in [3.8, 4) is 11.3 Å². The molecule has 1 aromatic carbocycles. The molecule has 0 saturated carbocycles. The van der Waals surface area contributed by atoms with E-state index in [1.54, 1.807) is 24.3 Å². The second kappa shape index (κ2) is 5.42. The summed E-state index contributed by atoms with van der Waals surface area (Å²) >= 11 is 0. The van der Waals surface area contributed by atoms with Crippen molar-refractivity contribution in [1.82, 2.24) is 9.97 Å². The van der Waals surface area contributed by atoms with Gasteiger partial charge in [0.05, 0.1) is 0 Å². The van der Waals surface area contributed by atoms with Crippen LogP contribution in [0.4, 0.5) is 16.2 Å². The largest absolute Gasteiger partial charge is 0.368 e. The fourth-order valence-corrected chi connectivity index (χ4v) is 1.56. The Morgan fingerprint density at radius 2 is 1.89 bits per heavy atom. The Kier molecular flexibility index (Phi) is 3.69. The van der Waals surface area contributed by atoms with Crippen molar-refractivity contribution >= 4 is 11.8 Å². The molecule has 0 fully saturated rings. The van der Waals surface area contributed by atoms with Gasteiger partial charge in [-0.05, 0) is 0 Å². The molecule has 0 spiro atoms. The lowest BCUT2D eigenvalue weighted by atomic mass is 10.1. The first-order chi connectivity index (χ1) is 8.72. The van der Waals surface area contributed by atoms with Crippen molar-refractivity contribution in [2.45, 2.75) is 0 Å². The Labute approximate surface area is 104 Å². The summed E-state index contributed by atoms with van der Waals surface area (Å²) in [6.45, 7) is 0.797. The quantitative estimate of drug-likeness (QED) is 0.756. The van der Waals surface area contributed by atoms with E-state index >= 15 is 0 Å². The zero-order chi connectivity index (χ0) is 13.0. The van der Waals surface area contributed by atoms with E-state index in [9.17, 15) is 4.39 Å². The third-order valence-electron chi connectivity index (χ3n) is 2.35. The molecule has 1 heterocycles. The highest BCUT2D eigenvalue weighted by molar-refractivity contribution is 5.65. The minimum atomic E-state index is -0.524. The number of halogens is 1. The van der Waals surface area contributed by atoms with Crippen molar-refractivity contribution in [1.29, 1.82) is 0 Å². The third-order valence-corrected chi connectivity index (χ3v) is 2.35. The first-order valence-corrected chi connectivity index (χ1v) is 5.54. The van der Waals surface area contributed by atoms with Gasteiger partial charge in [0.15, 0.2) is 11.6 Å². The molecular formula is C12H14FN5. The molecule has 5 N–H and O–H groups in total. The van der Waals surface area contributed by atoms with E-state index in [1.807, 2.05) is 6.07 Å². The number of anilines is 2. The van der Waals surface area contributed by atoms with E-state index in [4.69, 9.17) is 11.5 Å². The van der Waals surface area contributed by atoms with Gasteiger partial charge in [0.25, 0.3) is 0 Å². The summed E-state index contributed by atoms with van der Waals surface area (Å²) in [6, 6.07) is 8.98. The lowest BCUT2D eigenvalue weighted by Crippen LogP contribution is -2.16. The maximum absolute atomic E-state index is 14.2. The summed E-state index contributed by atoms with van der Waals surface area (Å²) in [7, 11) is 0. The Balaban J connectivity index is 2.45. The predicted octanol–water partition coefficient (Wildman–Crippen LogP) is 1.24. The van der Waals surface area contributed by atoms with Crippen molar-refractivity contribution in [2.75, 3.05) is 24.1 Å². The number of aromatic nitrogens is 2. The number of hydrogen-bond acceptors (Lipinski definition) is 5. The summed E-state index contributed by atoms with van der Waals surface area (Å²) in [6.07, 6.45) is 0. The topological polar surface area (TPSA) is 89.8 Å². The van der Waals surface area contributed by atoms with Crippen LogP contribution in [0.25, 0.3) is 11.3 Å². The van der Waals surface area contributed by atoms with Crippen LogP contribution in [0, 0.1) is 5.82 Å². The van der Waals surface area contributed by atoms with Crippen LogP contribution in [-0.4, -0.2) is 23.1 Å². The average molecular weight is 247 g/mol. The summed E-state index contributed by atoms with van der Waals surface area (Å²) in [5.41, 5.74) is 11.8. The first-order valence-electron chi connectivity index (χ1n) is 5.54. The molecule has 5 nitrogen and oxygen atoms in total. The average Bonchev–Trinajstić information content (AvgIpc) is 2.40. The van der Waals surface area contributed by atoms with E-state index in [2.05, 4.69) is 15.3 Å². The van der Waals surface area contributed by atoms with E-state index in [0.717, 1.165) is 0 Å². The normalized spacial score (nSPS) is 10.3. The Morgan fingerprint density at radius 3 is 2.56 bits per heavy atom. The van der Waals surface area contributed by atoms with Crippen LogP contribution in [0.1, 0.15) is 0 Å². The molecule has 0 amide bonds. The molecule has 18 heavy (non-hydrogen) atoms. The zero-order valence-corrected chi connectivity index (χ0v) is 9.73. The van der Waals surface area contributed by atoms with E-state index < -0.39 is 5.82 Å².